The molecule has 0 unspecified atom stereocenters. The number of benzene rings is 2. The number of rotatable bonds is 9. The van der Waals surface area contributed by atoms with E-state index in [-0.39, 0.29) is 41.2 Å². The Hall–Kier alpha value is -3.07. The van der Waals surface area contributed by atoms with E-state index in [1.54, 1.807) is 24.5 Å². The number of aromatic nitrogens is 5. The number of unbranched alkanes of at least 4 members (excludes halogenated alkanes) is 1. The molecule has 1 N–H and O–H groups in total. The quantitative estimate of drug-likeness (QED) is 0.275. The van der Waals surface area contributed by atoms with Crippen molar-refractivity contribution in [2.24, 2.45) is 0 Å². The van der Waals surface area contributed by atoms with Gasteiger partial charge >= 0.3 is 5.97 Å². The Bertz CT molecular complexity index is 1350. The Morgan fingerprint density at radius 1 is 1.06 bits per heavy atom. The Labute approximate surface area is 232 Å². The minimum absolute atomic E-state index is 0. The standard InChI is InChI=1S/C27H29N5O3.Na/c1-4-5-8-22-15-21(27(34)35-18(2)3)16-25(33)32(22)17-19-11-13-20(14-12-19)23-9-6-7-10-24(23)26-28-30-31-29-26;/h6-7,9-16,18H,4-5,8,17H2,1-3H3,(H,28,29,30,31);. The molecule has 2 aromatic heterocycles. The first-order valence-electron chi connectivity index (χ1n) is 11.8. The fourth-order valence-electron chi connectivity index (χ4n) is 3.98. The molecule has 0 atom stereocenters. The number of carbonyl (C=O) groups is 1. The summed E-state index contributed by atoms with van der Waals surface area (Å²) in [5.41, 5.74) is 4.86. The Kier molecular flexibility index (Phi) is 9.75. The van der Waals surface area contributed by atoms with Gasteiger partial charge in [0.05, 0.1) is 18.2 Å². The molecule has 0 saturated carbocycles. The van der Waals surface area contributed by atoms with Crippen molar-refractivity contribution in [1.82, 2.24) is 25.2 Å². The topological polar surface area (TPSA) is 103 Å². The van der Waals surface area contributed by atoms with E-state index in [1.807, 2.05) is 48.5 Å². The molecule has 0 aliphatic rings. The first-order valence-corrected chi connectivity index (χ1v) is 11.8. The van der Waals surface area contributed by atoms with Gasteiger partial charge < -0.3 is 9.30 Å². The van der Waals surface area contributed by atoms with E-state index >= 15 is 0 Å². The van der Waals surface area contributed by atoms with Crippen LogP contribution in [0.5, 0.6) is 0 Å². The fourth-order valence-corrected chi connectivity index (χ4v) is 3.98. The van der Waals surface area contributed by atoms with Gasteiger partial charge in [0.25, 0.3) is 5.56 Å². The number of H-pyrrole nitrogens is 1. The van der Waals surface area contributed by atoms with Crippen LogP contribution in [0, 0.1) is 0 Å². The summed E-state index contributed by atoms with van der Waals surface area (Å²) in [4.78, 5) is 25.4. The van der Waals surface area contributed by atoms with Crippen molar-refractivity contribution < 1.29 is 9.53 Å². The average molecular weight is 495 g/mol. The molecule has 8 nitrogen and oxygen atoms in total. The van der Waals surface area contributed by atoms with Crippen LogP contribution in [0.2, 0.25) is 0 Å². The Morgan fingerprint density at radius 3 is 2.42 bits per heavy atom. The van der Waals surface area contributed by atoms with Crippen LogP contribution < -0.4 is 5.56 Å². The number of hydrogen-bond donors (Lipinski definition) is 1. The molecule has 36 heavy (non-hydrogen) atoms. The first kappa shape index (κ1) is 27.5. The third-order valence-corrected chi connectivity index (χ3v) is 5.71. The maximum absolute atomic E-state index is 13.0. The average Bonchev–Trinajstić information content (AvgIpc) is 3.39. The number of aryl methyl sites for hydroxylation is 1. The van der Waals surface area contributed by atoms with Crippen LogP contribution in [0.3, 0.4) is 0 Å². The number of carbonyl (C=O) groups excluding carboxylic acids is 1. The molecule has 0 fully saturated rings. The predicted molar refractivity (Wildman–Crippen MR) is 140 cm³/mol. The van der Waals surface area contributed by atoms with Crippen molar-refractivity contribution in [3.8, 4) is 22.5 Å². The number of tetrazole rings is 1. The molecule has 1 radical (unpaired) electrons. The van der Waals surface area contributed by atoms with E-state index in [9.17, 15) is 9.59 Å². The van der Waals surface area contributed by atoms with Crippen molar-refractivity contribution in [3.05, 3.63) is 87.8 Å². The van der Waals surface area contributed by atoms with Gasteiger partial charge in [0.1, 0.15) is 0 Å². The summed E-state index contributed by atoms with van der Waals surface area (Å²) in [6.07, 6.45) is 2.39. The smallest absolute Gasteiger partial charge is 0.338 e. The SMILES string of the molecule is CCCCc1cc(C(=O)OC(C)C)cc(=O)n1Cc1ccc(-c2ccccc2-c2nnn[nH]2)cc1.[Na]. The van der Waals surface area contributed by atoms with Crippen LogP contribution in [0.1, 0.15) is 55.2 Å². The molecule has 0 spiro atoms. The van der Waals surface area contributed by atoms with Crippen molar-refractivity contribution >= 4 is 35.5 Å². The monoisotopic (exact) mass is 494 g/mol. The van der Waals surface area contributed by atoms with Crippen molar-refractivity contribution in [3.63, 3.8) is 0 Å². The normalized spacial score (nSPS) is 10.8. The zero-order valence-electron chi connectivity index (χ0n) is 21.2. The summed E-state index contributed by atoms with van der Waals surface area (Å²) in [5, 5.41) is 14.2. The summed E-state index contributed by atoms with van der Waals surface area (Å²) in [7, 11) is 0. The van der Waals surface area contributed by atoms with Crippen LogP contribution in [-0.2, 0) is 17.7 Å². The number of hydrogen-bond acceptors (Lipinski definition) is 6. The molecule has 0 aliphatic heterocycles. The summed E-state index contributed by atoms with van der Waals surface area (Å²) in [6, 6.07) is 19.2. The van der Waals surface area contributed by atoms with Gasteiger partial charge in [-0.1, -0.05) is 61.9 Å². The van der Waals surface area contributed by atoms with Gasteiger partial charge in [0.15, 0.2) is 5.82 Å². The van der Waals surface area contributed by atoms with Crippen molar-refractivity contribution in [2.75, 3.05) is 0 Å². The largest absolute Gasteiger partial charge is 0.459 e. The van der Waals surface area contributed by atoms with Gasteiger partial charge in [-0.15, -0.1) is 5.10 Å². The summed E-state index contributed by atoms with van der Waals surface area (Å²) < 4.78 is 7.04. The fraction of sp³-hybridized carbons (Fsp3) is 0.296. The molecule has 181 valence electrons. The molecule has 0 amide bonds. The summed E-state index contributed by atoms with van der Waals surface area (Å²) in [6.45, 7) is 6.11. The number of nitrogens with one attached hydrogen (secondary N) is 1. The van der Waals surface area contributed by atoms with Crippen LogP contribution in [0.4, 0.5) is 0 Å². The second-order valence-electron chi connectivity index (χ2n) is 8.71. The summed E-state index contributed by atoms with van der Waals surface area (Å²) >= 11 is 0. The predicted octanol–water partition coefficient (Wildman–Crippen LogP) is 4.27. The van der Waals surface area contributed by atoms with Crippen LogP contribution in [-0.4, -0.2) is 66.8 Å². The van der Waals surface area contributed by atoms with E-state index < -0.39 is 5.97 Å². The molecule has 4 aromatic rings. The third-order valence-electron chi connectivity index (χ3n) is 5.71. The van der Waals surface area contributed by atoms with Gasteiger partial charge in [-0.2, -0.15) is 0 Å². The minimum atomic E-state index is -0.466. The van der Waals surface area contributed by atoms with E-state index in [0.29, 0.717) is 24.4 Å². The molecule has 0 bridgehead atoms. The molecule has 9 heteroatoms. The zero-order valence-corrected chi connectivity index (χ0v) is 23.2. The van der Waals surface area contributed by atoms with Gasteiger partial charge in [-0.05, 0) is 59.9 Å². The second-order valence-corrected chi connectivity index (χ2v) is 8.71. The van der Waals surface area contributed by atoms with Crippen LogP contribution in [0.25, 0.3) is 22.5 Å². The van der Waals surface area contributed by atoms with Crippen LogP contribution in [0.15, 0.2) is 65.5 Å². The molecule has 2 heterocycles. The number of esters is 1. The molecule has 4 rings (SSSR count). The van der Waals surface area contributed by atoms with E-state index in [2.05, 4.69) is 27.5 Å². The molecular formula is C27H29N5NaO3. The van der Waals surface area contributed by atoms with Crippen LogP contribution >= 0.6 is 0 Å². The molecule has 0 saturated heterocycles. The Morgan fingerprint density at radius 2 is 1.78 bits per heavy atom. The van der Waals surface area contributed by atoms with E-state index in [0.717, 1.165) is 40.8 Å². The van der Waals surface area contributed by atoms with Crippen molar-refractivity contribution in [2.45, 2.75) is 52.7 Å². The zero-order chi connectivity index (χ0) is 24.8. The number of pyridine rings is 1. The first-order chi connectivity index (χ1) is 17.0. The molecule has 0 aliphatic carbocycles. The number of nitrogens with zero attached hydrogens (tertiary/aromatic N) is 4. The maximum atomic E-state index is 13.0. The Balaban J connectivity index is 0.00000361. The van der Waals surface area contributed by atoms with Gasteiger partial charge in [0, 0.05) is 46.9 Å². The van der Waals surface area contributed by atoms with Gasteiger partial charge in [-0.3, -0.25) is 4.79 Å². The van der Waals surface area contributed by atoms with Gasteiger partial charge in [-0.25, -0.2) is 9.89 Å². The van der Waals surface area contributed by atoms with E-state index in [1.165, 1.54) is 6.07 Å². The number of aromatic amines is 1. The second kappa shape index (κ2) is 12.8. The van der Waals surface area contributed by atoms with Crippen molar-refractivity contribution in [1.29, 1.82) is 0 Å². The number of ether oxygens (including phenoxy) is 1. The minimum Gasteiger partial charge on any atom is -0.459 e. The van der Waals surface area contributed by atoms with E-state index in [4.69, 9.17) is 4.74 Å². The maximum Gasteiger partial charge on any atom is 0.338 e. The van der Waals surface area contributed by atoms with Gasteiger partial charge in [0.2, 0.25) is 0 Å². The molecule has 2 aromatic carbocycles. The molecular weight excluding hydrogens is 465 g/mol. The summed E-state index contributed by atoms with van der Waals surface area (Å²) in [5.74, 6) is 0.139. The third kappa shape index (κ3) is 6.57.